The lowest BCUT2D eigenvalue weighted by molar-refractivity contribution is 0.470. The third-order valence-electron chi connectivity index (χ3n) is 8.62. The molecular formula is C39H30O2. The van der Waals surface area contributed by atoms with E-state index in [2.05, 4.69) is 109 Å². The first-order chi connectivity index (χ1) is 20.0. The van der Waals surface area contributed by atoms with Crippen molar-refractivity contribution >= 4 is 0 Å². The molecule has 0 saturated heterocycles. The highest BCUT2D eigenvalue weighted by molar-refractivity contribution is 6.01. The van der Waals surface area contributed by atoms with Crippen molar-refractivity contribution in [2.45, 2.75) is 19.3 Å². The molecule has 0 aromatic heterocycles. The maximum Gasteiger partial charge on any atom is 0.118 e. The van der Waals surface area contributed by atoms with E-state index in [9.17, 15) is 10.2 Å². The summed E-state index contributed by atoms with van der Waals surface area (Å²) in [5.41, 5.74) is 12.6. The zero-order valence-corrected chi connectivity index (χ0v) is 23.1. The predicted molar refractivity (Wildman–Crippen MR) is 167 cm³/mol. The second kappa shape index (κ2) is 9.53. The summed E-state index contributed by atoms with van der Waals surface area (Å²) in [5, 5.41) is 21.1. The standard InChI is InChI=1S/C39H30O2/c1-25-23-29(19-21-35(25)40)39(30-20-22-36(41)26(2)24-30)33-17-9-15-31(27-11-5-3-6-12-27)37(33)38-32(16-10-18-34(38)39)28-13-7-4-8-14-28/h3-24,40-41H,1-2H3. The second-order valence-corrected chi connectivity index (χ2v) is 10.9. The Morgan fingerprint density at radius 3 is 1.24 bits per heavy atom. The zero-order valence-electron chi connectivity index (χ0n) is 23.1. The Balaban J connectivity index is 1.70. The summed E-state index contributed by atoms with van der Waals surface area (Å²) in [6.07, 6.45) is 0. The van der Waals surface area contributed by atoms with E-state index >= 15 is 0 Å². The summed E-state index contributed by atoms with van der Waals surface area (Å²) in [6, 6.07) is 46.4. The minimum absolute atomic E-state index is 0.278. The van der Waals surface area contributed by atoms with E-state index in [1.54, 1.807) is 12.1 Å². The molecule has 2 N–H and O–H groups in total. The highest BCUT2D eigenvalue weighted by atomic mass is 16.3. The lowest BCUT2D eigenvalue weighted by Crippen LogP contribution is -2.29. The van der Waals surface area contributed by atoms with Gasteiger partial charge >= 0.3 is 0 Å². The Labute approximate surface area is 240 Å². The summed E-state index contributed by atoms with van der Waals surface area (Å²) < 4.78 is 0. The number of hydrogen-bond acceptors (Lipinski definition) is 2. The van der Waals surface area contributed by atoms with E-state index < -0.39 is 5.41 Å². The molecule has 0 atom stereocenters. The van der Waals surface area contributed by atoms with E-state index in [-0.39, 0.29) is 11.5 Å². The number of hydrogen-bond donors (Lipinski definition) is 2. The van der Waals surface area contributed by atoms with E-state index in [1.807, 2.05) is 26.0 Å². The number of phenols is 2. The van der Waals surface area contributed by atoms with Crippen LogP contribution in [-0.4, -0.2) is 10.2 Å². The molecule has 6 aromatic carbocycles. The molecule has 0 saturated carbocycles. The molecule has 41 heavy (non-hydrogen) atoms. The maximum atomic E-state index is 10.6. The molecule has 0 aliphatic heterocycles. The largest absolute Gasteiger partial charge is 0.508 e. The van der Waals surface area contributed by atoms with E-state index in [0.717, 1.165) is 33.4 Å². The zero-order chi connectivity index (χ0) is 28.1. The molecular weight excluding hydrogens is 500 g/mol. The molecule has 2 heteroatoms. The number of benzene rings is 6. The van der Waals surface area contributed by atoms with E-state index in [1.165, 1.54) is 33.4 Å². The van der Waals surface area contributed by atoms with Gasteiger partial charge in [0.15, 0.2) is 0 Å². The van der Waals surface area contributed by atoms with Gasteiger partial charge in [-0.3, -0.25) is 0 Å². The van der Waals surface area contributed by atoms with Crippen LogP contribution in [0.15, 0.2) is 133 Å². The third-order valence-corrected chi connectivity index (χ3v) is 8.62. The minimum Gasteiger partial charge on any atom is -0.508 e. The maximum absolute atomic E-state index is 10.6. The van der Waals surface area contributed by atoms with Crippen molar-refractivity contribution in [2.24, 2.45) is 0 Å². The van der Waals surface area contributed by atoms with Crippen molar-refractivity contribution in [3.05, 3.63) is 167 Å². The summed E-state index contributed by atoms with van der Waals surface area (Å²) in [6.45, 7) is 3.90. The number of aryl methyl sites for hydroxylation is 2. The summed E-state index contributed by atoms with van der Waals surface area (Å²) in [5.74, 6) is 0.556. The molecule has 0 heterocycles. The summed E-state index contributed by atoms with van der Waals surface area (Å²) in [7, 11) is 0. The Morgan fingerprint density at radius 1 is 0.439 bits per heavy atom. The van der Waals surface area contributed by atoms with Crippen molar-refractivity contribution < 1.29 is 10.2 Å². The topological polar surface area (TPSA) is 40.5 Å². The van der Waals surface area contributed by atoms with E-state index in [4.69, 9.17) is 0 Å². The molecule has 0 fully saturated rings. The summed E-state index contributed by atoms with van der Waals surface area (Å²) in [4.78, 5) is 0. The van der Waals surface area contributed by atoms with Crippen LogP contribution in [0.1, 0.15) is 33.4 Å². The highest BCUT2D eigenvalue weighted by Crippen LogP contribution is 2.60. The minimum atomic E-state index is -0.669. The molecule has 0 bridgehead atoms. The highest BCUT2D eigenvalue weighted by Gasteiger charge is 2.48. The fourth-order valence-electron chi connectivity index (χ4n) is 6.70. The van der Waals surface area contributed by atoms with E-state index in [0.29, 0.717) is 0 Å². The SMILES string of the molecule is Cc1cc(C2(c3ccc(O)c(C)c3)c3cccc(-c4ccccc4)c3-c3c(-c4ccccc4)cccc32)ccc1O. The number of phenolic OH excluding ortho intramolecular Hbond substituents is 2. The van der Waals surface area contributed by atoms with Crippen molar-refractivity contribution in [2.75, 3.05) is 0 Å². The molecule has 0 amide bonds. The lowest BCUT2D eigenvalue weighted by atomic mass is 9.67. The third kappa shape index (κ3) is 3.72. The first kappa shape index (κ1) is 24.9. The monoisotopic (exact) mass is 530 g/mol. The molecule has 0 unspecified atom stereocenters. The Kier molecular flexibility index (Phi) is 5.80. The quantitative estimate of drug-likeness (QED) is 0.238. The number of fused-ring (bicyclic) bond motifs is 3. The lowest BCUT2D eigenvalue weighted by Gasteiger charge is -2.34. The average molecular weight is 531 g/mol. The van der Waals surface area contributed by atoms with Crippen molar-refractivity contribution in [3.8, 4) is 44.9 Å². The number of aromatic hydroxyl groups is 2. The predicted octanol–water partition coefficient (Wildman–Crippen LogP) is 9.41. The van der Waals surface area contributed by atoms with Crippen molar-refractivity contribution in [3.63, 3.8) is 0 Å². The van der Waals surface area contributed by atoms with Gasteiger partial charge in [-0.05, 0) is 92.7 Å². The van der Waals surface area contributed by atoms with Crippen LogP contribution in [0.3, 0.4) is 0 Å². The smallest absolute Gasteiger partial charge is 0.118 e. The molecule has 1 aliphatic rings. The van der Waals surface area contributed by atoms with Crippen LogP contribution in [0, 0.1) is 13.8 Å². The van der Waals surface area contributed by atoms with Crippen LogP contribution in [0.4, 0.5) is 0 Å². The van der Waals surface area contributed by atoms with Gasteiger partial charge in [-0.25, -0.2) is 0 Å². The molecule has 7 rings (SSSR count). The van der Waals surface area contributed by atoms with Gasteiger partial charge in [0.05, 0.1) is 5.41 Å². The fraction of sp³-hybridized carbons (Fsp3) is 0.0769. The second-order valence-electron chi connectivity index (χ2n) is 10.9. The fourth-order valence-corrected chi connectivity index (χ4v) is 6.70. The first-order valence-electron chi connectivity index (χ1n) is 14.0. The van der Waals surface area contributed by atoms with Gasteiger partial charge in [-0.2, -0.15) is 0 Å². The van der Waals surface area contributed by atoms with Crippen LogP contribution in [-0.2, 0) is 5.41 Å². The van der Waals surface area contributed by atoms with Crippen LogP contribution in [0.25, 0.3) is 33.4 Å². The first-order valence-corrected chi connectivity index (χ1v) is 14.0. The molecule has 6 aromatic rings. The van der Waals surface area contributed by atoms with Gasteiger partial charge in [-0.1, -0.05) is 121 Å². The summed E-state index contributed by atoms with van der Waals surface area (Å²) >= 11 is 0. The molecule has 2 nitrogen and oxygen atoms in total. The van der Waals surface area contributed by atoms with Gasteiger partial charge < -0.3 is 10.2 Å². The van der Waals surface area contributed by atoms with Gasteiger partial charge in [-0.15, -0.1) is 0 Å². The average Bonchev–Trinajstić information content (AvgIpc) is 3.32. The van der Waals surface area contributed by atoms with Crippen LogP contribution < -0.4 is 0 Å². The Hall–Kier alpha value is -5.08. The number of rotatable bonds is 4. The Bertz CT molecular complexity index is 1780. The van der Waals surface area contributed by atoms with Crippen LogP contribution >= 0.6 is 0 Å². The molecule has 1 aliphatic carbocycles. The Morgan fingerprint density at radius 2 is 0.854 bits per heavy atom. The molecule has 0 radical (unpaired) electrons. The van der Waals surface area contributed by atoms with Crippen molar-refractivity contribution in [1.82, 2.24) is 0 Å². The van der Waals surface area contributed by atoms with Gasteiger partial charge in [0.1, 0.15) is 11.5 Å². The van der Waals surface area contributed by atoms with Gasteiger partial charge in [0.2, 0.25) is 0 Å². The molecule has 0 spiro atoms. The van der Waals surface area contributed by atoms with Gasteiger partial charge in [0.25, 0.3) is 0 Å². The normalized spacial score (nSPS) is 13.0. The van der Waals surface area contributed by atoms with Crippen molar-refractivity contribution in [1.29, 1.82) is 0 Å². The van der Waals surface area contributed by atoms with Crippen LogP contribution in [0.5, 0.6) is 11.5 Å². The van der Waals surface area contributed by atoms with Gasteiger partial charge in [0, 0.05) is 0 Å². The molecule has 198 valence electrons. The van der Waals surface area contributed by atoms with Crippen LogP contribution in [0.2, 0.25) is 0 Å².